The van der Waals surface area contributed by atoms with Crippen LogP contribution in [0.5, 0.6) is 0 Å². The molecule has 0 aromatic heterocycles. The van der Waals surface area contributed by atoms with E-state index in [4.69, 9.17) is 4.74 Å². The van der Waals surface area contributed by atoms with Crippen molar-refractivity contribution >= 4 is 0 Å². The van der Waals surface area contributed by atoms with Crippen LogP contribution in [0.2, 0.25) is 0 Å². The summed E-state index contributed by atoms with van der Waals surface area (Å²) in [6, 6.07) is 0. The lowest BCUT2D eigenvalue weighted by molar-refractivity contribution is -0.189. The number of ether oxygens (including phenoxy) is 1. The van der Waals surface area contributed by atoms with E-state index in [2.05, 4.69) is 55.4 Å². The second kappa shape index (κ2) is 7.07. The van der Waals surface area contributed by atoms with Crippen LogP contribution in [0.3, 0.4) is 0 Å². The zero-order valence-electron chi connectivity index (χ0n) is 23.6. The molecule has 0 aromatic carbocycles. The molecule has 5 saturated carbocycles. The molecule has 6 aliphatic rings. The molecule has 5 aliphatic carbocycles. The minimum Gasteiger partial charge on any atom is -0.393 e. The molecule has 0 radical (unpaired) electrons. The molecule has 0 bridgehead atoms. The fourth-order valence-corrected chi connectivity index (χ4v) is 12.1. The van der Waals surface area contributed by atoms with Crippen molar-refractivity contribution in [3.8, 4) is 0 Å². The molecule has 1 saturated heterocycles. The van der Waals surface area contributed by atoms with Crippen molar-refractivity contribution < 1.29 is 20.1 Å². The third-order valence-corrected chi connectivity index (χ3v) is 14.0. The van der Waals surface area contributed by atoms with Gasteiger partial charge >= 0.3 is 0 Å². The number of fused-ring (bicyclic) bond motifs is 4. The molecule has 13 atom stereocenters. The number of aliphatic hydroxyl groups is 3. The van der Waals surface area contributed by atoms with E-state index in [9.17, 15) is 15.3 Å². The first-order valence-corrected chi connectivity index (χ1v) is 14.8. The lowest BCUT2D eigenvalue weighted by atomic mass is 9.41. The molecular weight excluding hydrogens is 436 g/mol. The minimum atomic E-state index is -0.522. The van der Waals surface area contributed by atoms with Gasteiger partial charge < -0.3 is 20.1 Å². The third-order valence-electron chi connectivity index (χ3n) is 14.0. The molecule has 4 heteroatoms. The largest absolute Gasteiger partial charge is 0.393 e. The van der Waals surface area contributed by atoms with Gasteiger partial charge in [-0.1, -0.05) is 55.4 Å². The van der Waals surface area contributed by atoms with Crippen LogP contribution >= 0.6 is 0 Å². The van der Waals surface area contributed by atoms with Gasteiger partial charge in [0.1, 0.15) is 0 Å². The molecule has 1 aliphatic heterocycles. The Morgan fingerprint density at radius 1 is 0.886 bits per heavy atom. The Labute approximate surface area is 213 Å². The average Bonchev–Trinajstić information content (AvgIpc) is 3.40. The molecular formula is C31H52O4. The zero-order valence-corrected chi connectivity index (χ0v) is 23.6. The predicted octanol–water partition coefficient (Wildman–Crippen LogP) is 5.57. The van der Waals surface area contributed by atoms with Gasteiger partial charge in [0.2, 0.25) is 0 Å². The summed E-state index contributed by atoms with van der Waals surface area (Å²) < 4.78 is 6.75. The van der Waals surface area contributed by atoms with E-state index in [0.29, 0.717) is 34.5 Å². The highest BCUT2D eigenvalue weighted by molar-refractivity contribution is 5.32. The lowest BCUT2D eigenvalue weighted by Crippen LogP contribution is -2.59. The Morgan fingerprint density at radius 3 is 2.17 bits per heavy atom. The molecule has 0 aromatic rings. The highest BCUT2D eigenvalue weighted by Crippen LogP contribution is 2.89. The number of rotatable bonds is 1. The standard InChI is InChI=1S/C31H52O4/c1-17-15-18(24(33)26(2,3)4)35-23-22(17)28(7)13-14-31-16-30(31)12-11-21(32)27(5,6)19(30)9-10-20(31)29(28,8)25(23)34/h17-25,32-34H,9-16H2,1-8H3/t17-,18?,19+,20?,21?,22+,23?,24?,25+,28?,29-,30?,31?/m1/s1. The summed E-state index contributed by atoms with van der Waals surface area (Å²) in [6.07, 6.45) is 7.55. The summed E-state index contributed by atoms with van der Waals surface area (Å²) in [6.45, 7) is 18.2. The predicted molar refractivity (Wildman–Crippen MR) is 138 cm³/mol. The fraction of sp³-hybridized carbons (Fsp3) is 1.00. The van der Waals surface area contributed by atoms with E-state index in [1.165, 1.54) is 38.5 Å². The topological polar surface area (TPSA) is 69.9 Å². The number of hydrogen-bond donors (Lipinski definition) is 3. The van der Waals surface area contributed by atoms with Gasteiger partial charge in [-0.05, 0) is 102 Å². The van der Waals surface area contributed by atoms with E-state index in [0.717, 1.165) is 12.8 Å². The van der Waals surface area contributed by atoms with Crippen LogP contribution in [0.25, 0.3) is 0 Å². The van der Waals surface area contributed by atoms with Crippen LogP contribution in [-0.2, 0) is 4.74 Å². The summed E-state index contributed by atoms with van der Waals surface area (Å²) in [5.74, 6) is 1.91. The Balaban J connectivity index is 1.36. The molecule has 35 heavy (non-hydrogen) atoms. The summed E-state index contributed by atoms with van der Waals surface area (Å²) in [7, 11) is 0. The van der Waals surface area contributed by atoms with Gasteiger partial charge in [-0.2, -0.15) is 0 Å². The highest BCUT2D eigenvalue weighted by Gasteiger charge is 2.84. The summed E-state index contributed by atoms with van der Waals surface area (Å²) in [5, 5.41) is 34.3. The van der Waals surface area contributed by atoms with E-state index < -0.39 is 12.2 Å². The summed E-state index contributed by atoms with van der Waals surface area (Å²) >= 11 is 0. The van der Waals surface area contributed by atoms with Crippen molar-refractivity contribution in [2.75, 3.05) is 0 Å². The van der Waals surface area contributed by atoms with Crippen LogP contribution in [-0.4, -0.2) is 45.8 Å². The monoisotopic (exact) mass is 488 g/mol. The first-order valence-electron chi connectivity index (χ1n) is 14.8. The Hall–Kier alpha value is -0.160. The number of hydrogen-bond acceptors (Lipinski definition) is 4. The van der Waals surface area contributed by atoms with Gasteiger partial charge in [0.05, 0.1) is 30.5 Å². The highest BCUT2D eigenvalue weighted by atomic mass is 16.5. The second-order valence-corrected chi connectivity index (χ2v) is 16.4. The summed E-state index contributed by atoms with van der Waals surface area (Å²) in [5.41, 5.74) is 0.361. The van der Waals surface area contributed by atoms with Gasteiger partial charge in [-0.25, -0.2) is 0 Å². The molecule has 2 spiro atoms. The van der Waals surface area contributed by atoms with Crippen molar-refractivity contribution in [2.45, 2.75) is 137 Å². The maximum absolute atomic E-state index is 12.2. The average molecular weight is 489 g/mol. The normalized spacial score (nSPS) is 59.4. The molecule has 200 valence electrons. The molecule has 4 nitrogen and oxygen atoms in total. The van der Waals surface area contributed by atoms with Gasteiger partial charge in [0, 0.05) is 5.41 Å². The van der Waals surface area contributed by atoms with Crippen LogP contribution in [0, 0.1) is 56.2 Å². The summed E-state index contributed by atoms with van der Waals surface area (Å²) in [4.78, 5) is 0. The second-order valence-electron chi connectivity index (χ2n) is 16.4. The molecule has 1 heterocycles. The lowest BCUT2D eigenvalue weighted by Gasteiger charge is -2.63. The van der Waals surface area contributed by atoms with E-state index in [-0.39, 0.29) is 40.0 Å². The Bertz CT molecular complexity index is 893. The SMILES string of the molecule is C[C@@H]1CC(C(O)C(C)(C)C)OC2[C@H]1C1(C)CCC34CC35CCC(O)C(C)(C)[C@@H]5CCC4[C@]1(C)[C@H]2O. The zero-order chi connectivity index (χ0) is 25.6. The maximum atomic E-state index is 12.2. The van der Waals surface area contributed by atoms with Gasteiger partial charge in [-0.15, -0.1) is 0 Å². The van der Waals surface area contributed by atoms with E-state index >= 15 is 0 Å². The third kappa shape index (κ3) is 2.74. The Morgan fingerprint density at radius 2 is 1.51 bits per heavy atom. The minimum absolute atomic E-state index is 0.00933. The quantitative estimate of drug-likeness (QED) is 0.451. The maximum Gasteiger partial charge on any atom is 0.0880 e. The fourth-order valence-electron chi connectivity index (χ4n) is 12.1. The van der Waals surface area contributed by atoms with Gasteiger partial charge in [-0.3, -0.25) is 0 Å². The molecule has 6 fully saturated rings. The van der Waals surface area contributed by atoms with Gasteiger partial charge in [0.25, 0.3) is 0 Å². The molecule has 0 amide bonds. The van der Waals surface area contributed by atoms with Crippen molar-refractivity contribution in [3.05, 3.63) is 0 Å². The molecule has 6 rings (SSSR count). The molecule has 8 unspecified atom stereocenters. The van der Waals surface area contributed by atoms with Crippen LogP contribution in [0.15, 0.2) is 0 Å². The van der Waals surface area contributed by atoms with E-state index in [1.54, 1.807) is 0 Å². The first-order chi connectivity index (χ1) is 16.1. The number of aliphatic hydroxyl groups excluding tert-OH is 3. The van der Waals surface area contributed by atoms with Crippen molar-refractivity contribution in [2.24, 2.45) is 56.2 Å². The molecule has 3 N–H and O–H groups in total. The first kappa shape index (κ1) is 25.1. The van der Waals surface area contributed by atoms with E-state index in [1.807, 2.05) is 0 Å². The van der Waals surface area contributed by atoms with Crippen LogP contribution in [0.4, 0.5) is 0 Å². The van der Waals surface area contributed by atoms with Gasteiger partial charge in [0.15, 0.2) is 0 Å². The Kier molecular flexibility index (Phi) is 5.08. The van der Waals surface area contributed by atoms with Crippen LogP contribution in [0.1, 0.15) is 107 Å². The van der Waals surface area contributed by atoms with Crippen LogP contribution < -0.4 is 0 Å². The van der Waals surface area contributed by atoms with Crippen molar-refractivity contribution in [1.82, 2.24) is 0 Å². The smallest absolute Gasteiger partial charge is 0.0880 e. The van der Waals surface area contributed by atoms with Crippen molar-refractivity contribution in [1.29, 1.82) is 0 Å². The van der Waals surface area contributed by atoms with Crippen molar-refractivity contribution in [3.63, 3.8) is 0 Å².